The Bertz CT molecular complexity index is 382. The fourth-order valence-electron chi connectivity index (χ4n) is 1.27. The maximum absolute atomic E-state index is 11.8. The van der Waals surface area contributed by atoms with E-state index in [-0.39, 0.29) is 11.2 Å². The fourth-order valence-corrected chi connectivity index (χ4v) is 3.39. The molecule has 0 aromatic carbocycles. The molecule has 0 fully saturated rings. The van der Waals surface area contributed by atoms with Crippen LogP contribution in [0.25, 0.3) is 0 Å². The van der Waals surface area contributed by atoms with Crippen LogP contribution >= 0.6 is 23.1 Å². The molecule has 0 bridgehead atoms. The molecule has 0 saturated heterocycles. The number of carbonyl (C=O) groups is 1. The summed E-state index contributed by atoms with van der Waals surface area (Å²) in [5.41, 5.74) is 0. The van der Waals surface area contributed by atoms with Gasteiger partial charge in [0.2, 0.25) is 5.13 Å². The Hall–Kier alpha value is -0.820. The molecule has 0 aliphatic heterocycles. The van der Waals surface area contributed by atoms with Crippen LogP contribution < -0.4 is 4.90 Å². The summed E-state index contributed by atoms with van der Waals surface area (Å²) in [5.74, 6) is -0.161. The molecule has 1 aromatic heterocycles. The summed E-state index contributed by atoms with van der Waals surface area (Å²) in [6, 6.07) is 0. The maximum atomic E-state index is 11.8. The number of esters is 1. The SMILES string of the molecule is CCCC(Sc1nnc(N(C)C)s1)C(=O)OCC. The summed E-state index contributed by atoms with van der Waals surface area (Å²) >= 11 is 2.93. The Morgan fingerprint density at radius 3 is 2.67 bits per heavy atom. The maximum Gasteiger partial charge on any atom is 0.319 e. The molecule has 0 amide bonds. The number of nitrogens with zero attached hydrogens (tertiary/aromatic N) is 3. The smallest absolute Gasteiger partial charge is 0.319 e. The second-order valence-corrected chi connectivity index (χ2v) is 6.30. The largest absolute Gasteiger partial charge is 0.465 e. The van der Waals surface area contributed by atoms with E-state index in [1.54, 1.807) is 0 Å². The highest BCUT2D eigenvalue weighted by atomic mass is 32.2. The van der Waals surface area contributed by atoms with Crippen molar-refractivity contribution in [1.82, 2.24) is 10.2 Å². The van der Waals surface area contributed by atoms with E-state index in [0.29, 0.717) is 6.61 Å². The highest BCUT2D eigenvalue weighted by molar-refractivity contribution is 8.02. The first-order valence-corrected chi connectivity index (χ1v) is 7.62. The Balaban J connectivity index is 2.66. The van der Waals surface area contributed by atoms with Gasteiger partial charge in [-0.3, -0.25) is 4.79 Å². The third-order valence-electron chi connectivity index (χ3n) is 2.12. The van der Waals surface area contributed by atoms with Gasteiger partial charge in [0.05, 0.1) is 6.61 Å². The van der Waals surface area contributed by atoms with Gasteiger partial charge in [-0.2, -0.15) is 0 Å². The molecule has 0 saturated carbocycles. The van der Waals surface area contributed by atoms with Gasteiger partial charge in [-0.15, -0.1) is 10.2 Å². The van der Waals surface area contributed by atoms with Gasteiger partial charge in [0, 0.05) is 14.1 Å². The minimum Gasteiger partial charge on any atom is -0.465 e. The molecule has 1 rings (SSSR count). The Morgan fingerprint density at radius 2 is 2.17 bits per heavy atom. The van der Waals surface area contributed by atoms with Gasteiger partial charge in [0.25, 0.3) is 0 Å². The Morgan fingerprint density at radius 1 is 1.44 bits per heavy atom. The van der Waals surface area contributed by atoms with E-state index in [9.17, 15) is 4.79 Å². The van der Waals surface area contributed by atoms with Crippen LogP contribution in [0.5, 0.6) is 0 Å². The molecule has 1 unspecified atom stereocenters. The summed E-state index contributed by atoms with van der Waals surface area (Å²) in [6.07, 6.45) is 1.73. The van der Waals surface area contributed by atoms with E-state index in [1.807, 2.05) is 25.9 Å². The number of ether oxygens (including phenoxy) is 1. The highest BCUT2D eigenvalue weighted by Crippen LogP contribution is 2.32. The highest BCUT2D eigenvalue weighted by Gasteiger charge is 2.22. The topological polar surface area (TPSA) is 55.3 Å². The molecule has 102 valence electrons. The number of thioether (sulfide) groups is 1. The number of carbonyl (C=O) groups excluding carboxylic acids is 1. The molecule has 1 atom stereocenters. The standard InChI is InChI=1S/C11H19N3O2S2/c1-5-7-8(9(15)16-6-2)17-11-13-12-10(18-11)14(3)4/h8H,5-7H2,1-4H3. The third kappa shape index (κ3) is 4.45. The lowest BCUT2D eigenvalue weighted by atomic mass is 10.2. The van der Waals surface area contributed by atoms with Crippen LogP contribution in [0.15, 0.2) is 4.34 Å². The van der Waals surface area contributed by atoms with Gasteiger partial charge in [-0.05, 0) is 13.3 Å². The van der Waals surface area contributed by atoms with Crippen molar-refractivity contribution in [3.8, 4) is 0 Å². The van der Waals surface area contributed by atoms with E-state index in [4.69, 9.17) is 4.74 Å². The number of hydrogen-bond acceptors (Lipinski definition) is 7. The molecule has 5 nitrogen and oxygen atoms in total. The molecule has 7 heteroatoms. The summed E-state index contributed by atoms with van der Waals surface area (Å²) in [6.45, 7) is 4.29. The van der Waals surface area contributed by atoms with Crippen molar-refractivity contribution in [2.24, 2.45) is 0 Å². The van der Waals surface area contributed by atoms with Crippen LogP contribution in [0.3, 0.4) is 0 Å². The van der Waals surface area contributed by atoms with E-state index >= 15 is 0 Å². The molecule has 0 aliphatic rings. The number of anilines is 1. The van der Waals surface area contributed by atoms with E-state index in [0.717, 1.165) is 22.3 Å². The molecular formula is C11H19N3O2S2. The number of hydrogen-bond donors (Lipinski definition) is 0. The zero-order valence-electron chi connectivity index (χ0n) is 11.2. The first-order valence-electron chi connectivity index (χ1n) is 5.92. The third-order valence-corrected chi connectivity index (χ3v) is 4.54. The number of aromatic nitrogens is 2. The first kappa shape index (κ1) is 15.2. The normalized spacial score (nSPS) is 12.2. The van der Waals surface area contributed by atoms with Crippen molar-refractivity contribution >= 4 is 34.2 Å². The van der Waals surface area contributed by atoms with Crippen LogP contribution in [0.1, 0.15) is 26.7 Å². The monoisotopic (exact) mass is 289 g/mol. The lowest BCUT2D eigenvalue weighted by molar-refractivity contribution is -0.142. The van der Waals surface area contributed by atoms with Crippen molar-refractivity contribution < 1.29 is 9.53 Å². The predicted octanol–water partition coefficient (Wildman–Crippen LogP) is 2.43. The summed E-state index contributed by atoms with van der Waals surface area (Å²) < 4.78 is 5.88. The van der Waals surface area contributed by atoms with Gasteiger partial charge in [0.15, 0.2) is 4.34 Å². The van der Waals surface area contributed by atoms with E-state index in [1.165, 1.54) is 23.1 Å². The minimum absolute atomic E-state index is 0.161. The van der Waals surface area contributed by atoms with E-state index in [2.05, 4.69) is 17.1 Å². The Kier molecular flexibility index (Phi) is 6.42. The minimum atomic E-state index is -0.182. The van der Waals surface area contributed by atoms with Crippen molar-refractivity contribution in [2.75, 3.05) is 25.6 Å². The van der Waals surface area contributed by atoms with Gasteiger partial charge in [0.1, 0.15) is 5.25 Å². The molecule has 0 aliphatic carbocycles. The average Bonchev–Trinajstić information content (AvgIpc) is 2.77. The summed E-state index contributed by atoms with van der Waals surface area (Å²) in [4.78, 5) is 13.7. The molecule has 0 radical (unpaired) electrons. The van der Waals surface area contributed by atoms with Crippen LogP contribution in [0.2, 0.25) is 0 Å². The van der Waals surface area contributed by atoms with Crippen molar-refractivity contribution in [3.63, 3.8) is 0 Å². The first-order chi connectivity index (χ1) is 8.58. The van der Waals surface area contributed by atoms with Crippen molar-refractivity contribution in [3.05, 3.63) is 0 Å². The average molecular weight is 289 g/mol. The molecule has 1 heterocycles. The summed E-state index contributed by atoms with van der Waals surface area (Å²) in [5, 5.41) is 8.80. The van der Waals surface area contributed by atoms with Crippen LogP contribution in [0.4, 0.5) is 5.13 Å². The number of rotatable bonds is 7. The second-order valence-electron chi connectivity index (χ2n) is 3.89. The zero-order chi connectivity index (χ0) is 13.5. The summed E-state index contributed by atoms with van der Waals surface area (Å²) in [7, 11) is 3.84. The molecule has 1 aromatic rings. The van der Waals surface area contributed by atoms with Crippen LogP contribution in [0, 0.1) is 0 Å². The molecular weight excluding hydrogens is 270 g/mol. The molecule has 0 spiro atoms. The van der Waals surface area contributed by atoms with Gasteiger partial charge < -0.3 is 9.64 Å². The van der Waals surface area contributed by atoms with Gasteiger partial charge in [-0.1, -0.05) is 36.4 Å². The molecule has 18 heavy (non-hydrogen) atoms. The molecule has 0 N–H and O–H groups in total. The lowest BCUT2D eigenvalue weighted by Gasteiger charge is -2.12. The van der Waals surface area contributed by atoms with Crippen molar-refractivity contribution in [1.29, 1.82) is 0 Å². The second kappa shape index (κ2) is 7.58. The predicted molar refractivity (Wildman–Crippen MR) is 75.4 cm³/mol. The zero-order valence-corrected chi connectivity index (χ0v) is 12.8. The fraction of sp³-hybridized carbons (Fsp3) is 0.727. The quantitative estimate of drug-likeness (QED) is 0.567. The van der Waals surface area contributed by atoms with Gasteiger partial charge >= 0.3 is 5.97 Å². The van der Waals surface area contributed by atoms with Crippen LogP contribution in [-0.4, -0.2) is 42.1 Å². The lowest BCUT2D eigenvalue weighted by Crippen LogP contribution is -2.20. The van der Waals surface area contributed by atoms with Crippen molar-refractivity contribution in [2.45, 2.75) is 36.3 Å². The van der Waals surface area contributed by atoms with Crippen LogP contribution in [-0.2, 0) is 9.53 Å². The van der Waals surface area contributed by atoms with E-state index < -0.39 is 0 Å². The van der Waals surface area contributed by atoms with Gasteiger partial charge in [-0.25, -0.2) is 0 Å². The Labute approximate surface area is 116 Å².